The minimum atomic E-state index is -0.686. The summed E-state index contributed by atoms with van der Waals surface area (Å²) in [7, 11) is 0. The molecule has 0 saturated heterocycles. The zero-order valence-electron chi connectivity index (χ0n) is 11.9. The Morgan fingerprint density at radius 3 is 2.48 bits per heavy atom. The summed E-state index contributed by atoms with van der Waals surface area (Å²) in [5, 5.41) is 24.0. The van der Waals surface area contributed by atoms with Gasteiger partial charge < -0.3 is 10.4 Å². The van der Waals surface area contributed by atoms with E-state index in [0.717, 1.165) is 0 Å². The fourth-order valence-electron chi connectivity index (χ4n) is 2.01. The summed E-state index contributed by atoms with van der Waals surface area (Å²) in [5.74, 6) is 0. The van der Waals surface area contributed by atoms with Crippen LogP contribution < -0.4 is 5.32 Å². The number of nitrogens with one attached hydrogen (secondary N) is 1. The van der Waals surface area contributed by atoms with Gasteiger partial charge in [0.05, 0.1) is 11.0 Å². The zero-order chi connectivity index (χ0) is 15.4. The van der Waals surface area contributed by atoms with Crippen molar-refractivity contribution in [1.29, 1.82) is 0 Å². The summed E-state index contributed by atoms with van der Waals surface area (Å²) in [5.41, 5.74) is 0.698. The average molecular weight is 306 g/mol. The van der Waals surface area contributed by atoms with Gasteiger partial charge in [0.25, 0.3) is 5.69 Å². The third kappa shape index (κ3) is 4.10. The van der Waals surface area contributed by atoms with Crippen LogP contribution in [0.4, 0.5) is 5.69 Å². The maximum atomic E-state index is 10.6. The van der Waals surface area contributed by atoms with E-state index in [4.69, 9.17) is 0 Å². The topological polar surface area (TPSA) is 75.4 Å². The molecule has 0 aliphatic carbocycles. The minimum Gasteiger partial charge on any atom is -0.387 e. The molecular weight excluding hydrogens is 288 g/mol. The number of aryl methyl sites for hydroxylation is 1. The zero-order valence-corrected chi connectivity index (χ0v) is 12.8. The lowest BCUT2D eigenvalue weighted by atomic mass is 10.1. The third-order valence-corrected chi connectivity index (χ3v) is 4.48. The van der Waals surface area contributed by atoms with Gasteiger partial charge in [-0.25, -0.2) is 0 Å². The maximum absolute atomic E-state index is 10.6. The van der Waals surface area contributed by atoms with Crippen molar-refractivity contribution in [3.63, 3.8) is 0 Å². The van der Waals surface area contributed by atoms with E-state index in [1.165, 1.54) is 21.9 Å². The van der Waals surface area contributed by atoms with Gasteiger partial charge in [-0.05, 0) is 43.7 Å². The maximum Gasteiger partial charge on any atom is 0.269 e. The predicted molar refractivity (Wildman–Crippen MR) is 83.5 cm³/mol. The lowest BCUT2D eigenvalue weighted by Crippen LogP contribution is -2.24. The quantitative estimate of drug-likeness (QED) is 0.634. The SMILES string of the molecule is Cc1ccc(C(C)NCC(O)c2ccc([N+](=O)[O-])cc2)s1. The van der Waals surface area contributed by atoms with Crippen LogP contribution in [0.3, 0.4) is 0 Å². The molecule has 1 aromatic carbocycles. The molecule has 0 aliphatic rings. The Balaban J connectivity index is 1.92. The van der Waals surface area contributed by atoms with Crippen molar-refractivity contribution in [3.8, 4) is 0 Å². The Labute approximate surface area is 127 Å². The Morgan fingerprint density at radius 2 is 1.95 bits per heavy atom. The lowest BCUT2D eigenvalue weighted by Gasteiger charge is -2.16. The molecule has 2 rings (SSSR count). The van der Waals surface area contributed by atoms with Crippen LogP contribution in [0.15, 0.2) is 36.4 Å². The highest BCUT2D eigenvalue weighted by Crippen LogP contribution is 2.23. The number of non-ortho nitro benzene ring substituents is 1. The van der Waals surface area contributed by atoms with Crippen LogP contribution in [0.1, 0.15) is 34.4 Å². The molecule has 0 aliphatic heterocycles. The largest absolute Gasteiger partial charge is 0.387 e. The number of hydrogen-bond acceptors (Lipinski definition) is 5. The van der Waals surface area contributed by atoms with Crippen molar-refractivity contribution in [2.24, 2.45) is 0 Å². The number of aliphatic hydroxyl groups is 1. The van der Waals surface area contributed by atoms with Gasteiger partial charge in [-0.1, -0.05) is 0 Å². The molecule has 1 aromatic heterocycles. The second-order valence-corrected chi connectivity index (χ2v) is 6.26. The van der Waals surface area contributed by atoms with E-state index in [9.17, 15) is 15.2 Å². The van der Waals surface area contributed by atoms with Crippen LogP contribution in [-0.4, -0.2) is 16.6 Å². The van der Waals surface area contributed by atoms with Gasteiger partial charge >= 0.3 is 0 Å². The van der Waals surface area contributed by atoms with E-state index in [2.05, 4.69) is 24.4 Å². The number of nitrogens with zero attached hydrogens (tertiary/aromatic N) is 1. The van der Waals surface area contributed by atoms with Gasteiger partial charge in [0.2, 0.25) is 0 Å². The number of rotatable bonds is 6. The van der Waals surface area contributed by atoms with Crippen molar-refractivity contribution >= 4 is 17.0 Å². The molecule has 2 aromatic rings. The molecule has 0 radical (unpaired) electrons. The van der Waals surface area contributed by atoms with E-state index < -0.39 is 11.0 Å². The average Bonchev–Trinajstić information content (AvgIpc) is 2.91. The van der Waals surface area contributed by atoms with Crippen LogP contribution >= 0.6 is 11.3 Å². The molecule has 0 amide bonds. The normalized spacial score (nSPS) is 13.9. The highest BCUT2D eigenvalue weighted by Gasteiger charge is 2.13. The first-order valence-electron chi connectivity index (χ1n) is 6.69. The van der Waals surface area contributed by atoms with Crippen LogP contribution in [0, 0.1) is 17.0 Å². The van der Waals surface area contributed by atoms with Crippen molar-refractivity contribution < 1.29 is 10.0 Å². The third-order valence-electron chi connectivity index (χ3n) is 3.29. The molecular formula is C15H18N2O3S. The van der Waals surface area contributed by atoms with Gasteiger partial charge in [-0.2, -0.15) is 0 Å². The van der Waals surface area contributed by atoms with Gasteiger partial charge in [0, 0.05) is 34.5 Å². The monoisotopic (exact) mass is 306 g/mol. The van der Waals surface area contributed by atoms with Crippen molar-refractivity contribution in [2.75, 3.05) is 6.54 Å². The standard InChI is InChI=1S/C15H18N2O3S/c1-10-3-8-15(21-10)11(2)16-9-14(18)12-4-6-13(7-5-12)17(19)20/h3-8,11,14,16,18H,9H2,1-2H3. The first kappa shape index (κ1) is 15.6. The summed E-state index contributed by atoms with van der Waals surface area (Å²) in [6, 6.07) is 10.3. The van der Waals surface area contributed by atoms with E-state index in [-0.39, 0.29) is 11.7 Å². The van der Waals surface area contributed by atoms with E-state index >= 15 is 0 Å². The minimum absolute atomic E-state index is 0.0290. The highest BCUT2D eigenvalue weighted by atomic mass is 32.1. The van der Waals surface area contributed by atoms with Gasteiger partial charge in [-0.15, -0.1) is 11.3 Å². The Bertz CT molecular complexity index is 610. The molecule has 6 heteroatoms. The molecule has 2 atom stereocenters. The first-order chi connectivity index (χ1) is 9.97. The molecule has 2 unspecified atom stereocenters. The molecule has 1 heterocycles. The number of benzene rings is 1. The van der Waals surface area contributed by atoms with Crippen LogP contribution in [0.2, 0.25) is 0 Å². The molecule has 21 heavy (non-hydrogen) atoms. The molecule has 0 bridgehead atoms. The molecule has 2 N–H and O–H groups in total. The molecule has 0 saturated carbocycles. The lowest BCUT2D eigenvalue weighted by molar-refractivity contribution is -0.384. The van der Waals surface area contributed by atoms with Crippen LogP contribution in [0.5, 0.6) is 0 Å². The highest BCUT2D eigenvalue weighted by molar-refractivity contribution is 7.12. The second kappa shape index (κ2) is 6.80. The van der Waals surface area contributed by atoms with E-state index in [1.807, 2.05) is 6.92 Å². The number of hydrogen-bond donors (Lipinski definition) is 2. The Morgan fingerprint density at radius 1 is 1.29 bits per heavy atom. The summed E-state index contributed by atoms with van der Waals surface area (Å²) in [6.07, 6.45) is -0.686. The van der Waals surface area contributed by atoms with Gasteiger partial charge in [-0.3, -0.25) is 10.1 Å². The summed E-state index contributed by atoms with van der Waals surface area (Å²) in [6.45, 7) is 4.51. The van der Waals surface area contributed by atoms with Gasteiger partial charge in [0.1, 0.15) is 0 Å². The van der Waals surface area contributed by atoms with Crippen LogP contribution in [-0.2, 0) is 0 Å². The van der Waals surface area contributed by atoms with Crippen molar-refractivity contribution in [3.05, 3.63) is 61.8 Å². The molecule has 0 fully saturated rings. The first-order valence-corrected chi connectivity index (χ1v) is 7.51. The Hall–Kier alpha value is -1.76. The predicted octanol–water partition coefficient (Wildman–Crippen LogP) is 3.35. The van der Waals surface area contributed by atoms with Crippen LogP contribution in [0.25, 0.3) is 0 Å². The fraction of sp³-hybridized carbons (Fsp3) is 0.333. The van der Waals surface area contributed by atoms with Crippen molar-refractivity contribution in [2.45, 2.75) is 26.0 Å². The van der Waals surface area contributed by atoms with Crippen molar-refractivity contribution in [1.82, 2.24) is 5.32 Å². The smallest absolute Gasteiger partial charge is 0.269 e. The molecule has 0 spiro atoms. The second-order valence-electron chi connectivity index (χ2n) is 4.94. The summed E-state index contributed by atoms with van der Waals surface area (Å²) >= 11 is 1.73. The number of nitro benzene ring substituents is 1. The van der Waals surface area contributed by atoms with E-state index in [0.29, 0.717) is 12.1 Å². The molecule has 112 valence electrons. The summed E-state index contributed by atoms with van der Waals surface area (Å²) in [4.78, 5) is 12.6. The molecule has 5 nitrogen and oxygen atoms in total. The Kier molecular flexibility index (Phi) is 5.06. The van der Waals surface area contributed by atoms with E-state index in [1.54, 1.807) is 23.5 Å². The number of aliphatic hydroxyl groups excluding tert-OH is 1. The fourth-order valence-corrected chi connectivity index (χ4v) is 2.92. The van der Waals surface area contributed by atoms with Gasteiger partial charge in [0.15, 0.2) is 0 Å². The summed E-state index contributed by atoms with van der Waals surface area (Å²) < 4.78 is 0. The number of nitro groups is 1. The number of thiophene rings is 1.